The number of carbonyl (C=O) groups is 1. The number of aryl methyl sites for hydroxylation is 1. The van der Waals surface area contributed by atoms with Crippen LogP contribution in [0.15, 0.2) is 36.4 Å². The quantitative estimate of drug-likeness (QED) is 0.684. The number of nitrogens with zero attached hydrogens (tertiary/aromatic N) is 2. The van der Waals surface area contributed by atoms with Crippen LogP contribution >= 0.6 is 0 Å². The summed E-state index contributed by atoms with van der Waals surface area (Å²) in [5, 5.41) is 13.6. The molecule has 0 radical (unpaired) electrons. The molecular weight excluding hydrogens is 313 g/mol. The summed E-state index contributed by atoms with van der Waals surface area (Å²) in [6.45, 7) is 2.53. The molecule has 6 nitrogen and oxygen atoms in total. The lowest BCUT2D eigenvalue weighted by Gasteiger charge is -2.28. The smallest absolute Gasteiger partial charge is 0.272 e. The Hall–Kier alpha value is -2.96. The number of fused-ring (bicyclic) bond motifs is 1. The molecule has 0 aliphatic carbocycles. The highest BCUT2D eigenvalue weighted by Crippen LogP contribution is 2.32. The molecule has 124 valence electrons. The lowest BCUT2D eigenvalue weighted by Crippen LogP contribution is -2.34. The topological polar surface area (TPSA) is 75.5 Å². The monoisotopic (exact) mass is 329 g/mol. The maximum absolute atomic E-state index is 14.0. The van der Waals surface area contributed by atoms with E-state index in [4.69, 9.17) is 0 Å². The number of carbonyl (C=O) groups excluding carboxylic acids is 1. The molecule has 0 aromatic heterocycles. The van der Waals surface area contributed by atoms with Crippen LogP contribution in [0.25, 0.3) is 0 Å². The molecule has 1 amide bonds. The molecule has 0 saturated carbocycles. The second-order valence-electron chi connectivity index (χ2n) is 5.53. The number of nitrogens with one attached hydrogen (secondary N) is 1. The number of non-ortho nitro benzene ring substituents is 1. The average Bonchev–Trinajstić information content (AvgIpc) is 2.56. The number of hydrogen-bond donors (Lipinski definition) is 1. The maximum atomic E-state index is 14.0. The first-order valence-electron chi connectivity index (χ1n) is 7.64. The summed E-state index contributed by atoms with van der Waals surface area (Å²) in [6, 6.07) is 8.96. The van der Waals surface area contributed by atoms with Crippen LogP contribution in [0.3, 0.4) is 0 Å². The van der Waals surface area contributed by atoms with Crippen LogP contribution in [0.2, 0.25) is 0 Å². The zero-order chi connectivity index (χ0) is 17.3. The van der Waals surface area contributed by atoms with E-state index in [0.717, 1.165) is 17.3 Å². The van der Waals surface area contributed by atoms with Gasteiger partial charge in [-0.1, -0.05) is 0 Å². The molecule has 7 heteroatoms. The average molecular weight is 329 g/mol. The van der Waals surface area contributed by atoms with E-state index < -0.39 is 10.7 Å². The lowest BCUT2D eigenvalue weighted by atomic mass is 10.0. The Morgan fingerprint density at radius 3 is 2.71 bits per heavy atom. The summed E-state index contributed by atoms with van der Waals surface area (Å²) >= 11 is 0. The third-order valence-corrected chi connectivity index (χ3v) is 4.04. The van der Waals surface area contributed by atoms with Crippen LogP contribution in [-0.4, -0.2) is 17.4 Å². The Kier molecular flexibility index (Phi) is 4.16. The van der Waals surface area contributed by atoms with Crippen LogP contribution in [0.5, 0.6) is 0 Å². The Balaban J connectivity index is 1.87. The van der Waals surface area contributed by atoms with Gasteiger partial charge in [0.2, 0.25) is 5.91 Å². The zero-order valence-electron chi connectivity index (χ0n) is 13.1. The number of halogens is 1. The Morgan fingerprint density at radius 2 is 2.04 bits per heavy atom. The molecule has 3 rings (SSSR count). The van der Waals surface area contributed by atoms with Gasteiger partial charge in [-0.25, -0.2) is 4.39 Å². The van der Waals surface area contributed by atoms with Gasteiger partial charge in [0.05, 0.1) is 16.7 Å². The molecule has 0 atom stereocenters. The first-order chi connectivity index (χ1) is 11.5. The van der Waals surface area contributed by atoms with Gasteiger partial charge in [0.25, 0.3) is 5.69 Å². The van der Waals surface area contributed by atoms with Gasteiger partial charge in [-0.2, -0.15) is 0 Å². The molecule has 1 heterocycles. The van der Waals surface area contributed by atoms with Gasteiger partial charge in [0, 0.05) is 30.4 Å². The summed E-state index contributed by atoms with van der Waals surface area (Å²) in [7, 11) is 0. The minimum absolute atomic E-state index is 0.104. The fourth-order valence-corrected chi connectivity index (χ4v) is 2.86. The van der Waals surface area contributed by atoms with Crippen molar-refractivity contribution in [2.24, 2.45) is 0 Å². The van der Waals surface area contributed by atoms with Crippen molar-refractivity contribution in [3.8, 4) is 0 Å². The molecule has 0 unspecified atom stereocenters. The Labute approximate surface area is 138 Å². The van der Waals surface area contributed by atoms with E-state index in [1.165, 1.54) is 12.1 Å². The van der Waals surface area contributed by atoms with E-state index >= 15 is 0 Å². The van der Waals surface area contributed by atoms with Gasteiger partial charge < -0.3 is 10.2 Å². The molecule has 24 heavy (non-hydrogen) atoms. The number of nitro benzene ring substituents is 1. The number of hydrogen-bond acceptors (Lipinski definition) is 4. The van der Waals surface area contributed by atoms with Crippen LogP contribution in [-0.2, 0) is 11.2 Å². The van der Waals surface area contributed by atoms with Gasteiger partial charge in [-0.15, -0.1) is 0 Å². The number of nitro groups is 1. The minimum atomic E-state index is -0.688. The standard InChI is InChI=1S/C17H16FN3O3/c1-2-20-16-7-4-12(9-11(16)3-8-17(20)22)19-15-6-5-13(21(23)24)10-14(15)18/h4-7,9-10,19H,2-3,8H2,1H3. The van der Waals surface area contributed by atoms with Crippen LogP contribution in [0.1, 0.15) is 18.9 Å². The van der Waals surface area contributed by atoms with Crippen LogP contribution < -0.4 is 10.2 Å². The van der Waals surface area contributed by atoms with Crippen molar-refractivity contribution in [3.05, 3.63) is 57.9 Å². The van der Waals surface area contributed by atoms with Crippen LogP contribution in [0.4, 0.5) is 27.1 Å². The zero-order valence-corrected chi connectivity index (χ0v) is 13.1. The highest BCUT2D eigenvalue weighted by molar-refractivity contribution is 5.96. The van der Waals surface area contributed by atoms with Gasteiger partial charge in [-0.05, 0) is 43.2 Å². The van der Waals surface area contributed by atoms with Gasteiger partial charge in [0.15, 0.2) is 5.82 Å². The fourth-order valence-electron chi connectivity index (χ4n) is 2.86. The SMILES string of the molecule is CCN1C(=O)CCc2cc(Nc3ccc([N+](=O)[O-])cc3F)ccc21. The third kappa shape index (κ3) is 2.92. The van der Waals surface area contributed by atoms with E-state index in [-0.39, 0.29) is 17.3 Å². The molecule has 0 bridgehead atoms. The van der Waals surface area contributed by atoms with Gasteiger partial charge >= 0.3 is 0 Å². The predicted molar refractivity (Wildman–Crippen MR) is 89.1 cm³/mol. The largest absolute Gasteiger partial charge is 0.353 e. The molecule has 0 saturated heterocycles. The molecule has 1 aliphatic rings. The highest BCUT2D eigenvalue weighted by atomic mass is 19.1. The lowest BCUT2D eigenvalue weighted by molar-refractivity contribution is -0.385. The first kappa shape index (κ1) is 15.9. The highest BCUT2D eigenvalue weighted by Gasteiger charge is 2.23. The summed E-state index contributed by atoms with van der Waals surface area (Å²) < 4.78 is 14.0. The molecule has 1 N–H and O–H groups in total. The second-order valence-corrected chi connectivity index (χ2v) is 5.53. The van der Waals surface area contributed by atoms with Crippen molar-refractivity contribution in [2.75, 3.05) is 16.8 Å². The molecule has 0 spiro atoms. The Morgan fingerprint density at radius 1 is 1.25 bits per heavy atom. The number of anilines is 3. The molecule has 2 aromatic carbocycles. The fraction of sp³-hybridized carbons (Fsp3) is 0.235. The number of amides is 1. The van der Waals surface area contributed by atoms with Crippen LogP contribution in [0, 0.1) is 15.9 Å². The molecular formula is C17H16FN3O3. The summed E-state index contributed by atoms with van der Waals surface area (Å²) in [5.41, 5.74) is 2.44. The number of rotatable bonds is 4. The Bertz CT molecular complexity index is 823. The van der Waals surface area contributed by atoms with E-state index in [2.05, 4.69) is 5.32 Å². The van der Waals surface area contributed by atoms with Crippen molar-refractivity contribution in [3.63, 3.8) is 0 Å². The van der Waals surface area contributed by atoms with E-state index in [1.807, 2.05) is 19.1 Å². The van der Waals surface area contributed by atoms with E-state index in [1.54, 1.807) is 11.0 Å². The van der Waals surface area contributed by atoms with Gasteiger partial charge in [0.1, 0.15) is 0 Å². The van der Waals surface area contributed by atoms with Crippen molar-refractivity contribution in [1.29, 1.82) is 0 Å². The van der Waals surface area contributed by atoms with E-state index in [0.29, 0.717) is 25.1 Å². The normalized spacial score (nSPS) is 13.6. The molecule has 1 aliphatic heterocycles. The van der Waals surface area contributed by atoms with Crippen molar-refractivity contribution in [1.82, 2.24) is 0 Å². The second kappa shape index (κ2) is 6.27. The summed E-state index contributed by atoms with van der Waals surface area (Å²) in [5.74, 6) is -0.584. The van der Waals surface area contributed by atoms with Crippen molar-refractivity contribution in [2.45, 2.75) is 19.8 Å². The van der Waals surface area contributed by atoms with E-state index in [9.17, 15) is 19.3 Å². The van der Waals surface area contributed by atoms with Crippen molar-refractivity contribution >= 4 is 28.7 Å². The maximum Gasteiger partial charge on any atom is 0.272 e. The molecule has 0 fully saturated rings. The van der Waals surface area contributed by atoms with Crippen molar-refractivity contribution < 1.29 is 14.1 Å². The third-order valence-electron chi connectivity index (χ3n) is 4.04. The van der Waals surface area contributed by atoms with Gasteiger partial charge in [-0.3, -0.25) is 14.9 Å². The predicted octanol–water partition coefficient (Wildman–Crippen LogP) is 3.78. The summed E-state index contributed by atoms with van der Waals surface area (Å²) in [4.78, 5) is 23.7. The molecule has 2 aromatic rings. The first-order valence-corrected chi connectivity index (χ1v) is 7.64. The summed E-state index contributed by atoms with van der Waals surface area (Å²) in [6.07, 6.45) is 1.10. The minimum Gasteiger partial charge on any atom is -0.353 e. The number of benzene rings is 2.